The fraction of sp³-hybridized carbons (Fsp3) is 0.647. The van der Waals surface area contributed by atoms with Gasteiger partial charge in [0.15, 0.2) is 11.3 Å². The highest BCUT2D eigenvalue weighted by molar-refractivity contribution is 7.63. The maximum Gasteiger partial charge on any atom is 0.395 e. The van der Waals surface area contributed by atoms with E-state index < -0.39 is 44.1 Å². The average Bonchev–Trinajstić information content (AvgIpc) is 3.08. The van der Waals surface area contributed by atoms with Gasteiger partial charge in [0.25, 0.3) is 5.91 Å². The molecule has 0 spiro atoms. The van der Waals surface area contributed by atoms with Crippen LogP contribution in [0.15, 0.2) is 12.7 Å². The lowest BCUT2D eigenvalue weighted by atomic mass is 10.3. The molecule has 1 amide bonds. The summed E-state index contributed by atoms with van der Waals surface area (Å²) < 4.78 is 94.0. The topological polar surface area (TPSA) is 108 Å². The van der Waals surface area contributed by atoms with E-state index in [1.165, 1.54) is 10.9 Å². The monoisotopic (exact) mass is 505 g/mol. The molecule has 2 rings (SSSR count). The molecule has 33 heavy (non-hydrogen) atoms. The van der Waals surface area contributed by atoms with Crippen LogP contribution in [-0.2, 0) is 20.7 Å². The first-order valence-corrected chi connectivity index (χ1v) is 12.0. The van der Waals surface area contributed by atoms with Gasteiger partial charge in [0, 0.05) is 6.54 Å². The predicted molar refractivity (Wildman–Crippen MR) is 104 cm³/mol. The van der Waals surface area contributed by atoms with Crippen molar-refractivity contribution in [2.75, 3.05) is 31.9 Å². The first-order valence-electron chi connectivity index (χ1n) is 9.70. The number of imidazole rings is 1. The van der Waals surface area contributed by atoms with Crippen LogP contribution in [0.1, 0.15) is 30.3 Å². The molecule has 0 aliphatic rings. The van der Waals surface area contributed by atoms with Crippen LogP contribution in [0.2, 0.25) is 0 Å². The lowest BCUT2D eigenvalue weighted by molar-refractivity contribution is -0.113. The number of hydrogen-bond donors (Lipinski definition) is 1. The number of halogens is 6. The summed E-state index contributed by atoms with van der Waals surface area (Å²) in [4.78, 5) is 29.1. The number of nitrogens with one attached hydrogen (secondary N) is 1. The first kappa shape index (κ1) is 27.0. The number of aromatic nitrogens is 4. The normalized spacial score (nSPS) is 12.9. The van der Waals surface area contributed by atoms with Crippen molar-refractivity contribution < 1.29 is 45.3 Å². The van der Waals surface area contributed by atoms with Crippen LogP contribution in [0, 0.1) is 0 Å². The number of hydrogen-bond acceptors (Lipinski definition) is 7. The van der Waals surface area contributed by atoms with Crippen LogP contribution >= 0.6 is 7.14 Å². The number of alkyl halides is 6. The molecule has 0 aliphatic heterocycles. The van der Waals surface area contributed by atoms with Crippen molar-refractivity contribution in [2.24, 2.45) is 0 Å². The quantitative estimate of drug-likeness (QED) is 0.203. The maximum atomic E-state index is 12.6. The number of unbranched alkanes of at least 4 members (excludes halogenated alkanes) is 1. The van der Waals surface area contributed by atoms with Gasteiger partial charge in [-0.05, 0) is 6.42 Å². The van der Waals surface area contributed by atoms with E-state index in [-0.39, 0.29) is 30.0 Å². The zero-order valence-electron chi connectivity index (χ0n) is 17.4. The van der Waals surface area contributed by atoms with Gasteiger partial charge in [-0.1, -0.05) is 13.3 Å². The van der Waals surface area contributed by atoms with Crippen molar-refractivity contribution in [3.8, 4) is 0 Å². The van der Waals surface area contributed by atoms with Crippen LogP contribution < -0.4 is 5.48 Å². The summed E-state index contributed by atoms with van der Waals surface area (Å²) in [6.07, 6.45) is -11.5. The summed E-state index contributed by atoms with van der Waals surface area (Å²) in [5.74, 6) is -0.666. The largest absolute Gasteiger partial charge is 0.395 e. The lowest BCUT2D eigenvalue weighted by Crippen LogP contribution is -2.25. The number of carbonyl (C=O) groups is 1. The van der Waals surface area contributed by atoms with E-state index in [4.69, 9.17) is 9.57 Å². The fourth-order valence-electron chi connectivity index (χ4n) is 2.79. The van der Waals surface area contributed by atoms with Gasteiger partial charge in [0.2, 0.25) is 0 Å². The molecule has 16 heteroatoms. The minimum absolute atomic E-state index is 0.0837. The number of fused-ring (bicyclic) bond motifs is 1. The Labute approximate surface area is 184 Å². The molecule has 186 valence electrons. The smallest absolute Gasteiger partial charge is 0.372 e. The van der Waals surface area contributed by atoms with Crippen molar-refractivity contribution >= 4 is 24.2 Å². The van der Waals surface area contributed by atoms with Crippen LogP contribution in [0.25, 0.3) is 11.2 Å². The molecule has 9 nitrogen and oxygen atoms in total. The zero-order chi connectivity index (χ0) is 24.7. The van der Waals surface area contributed by atoms with Crippen molar-refractivity contribution in [3.05, 3.63) is 18.3 Å². The Bertz CT molecular complexity index is 961. The molecule has 0 saturated carbocycles. The molecule has 2 aromatic heterocycles. The number of rotatable bonds is 12. The second-order valence-corrected chi connectivity index (χ2v) is 10.1. The molecule has 0 radical (unpaired) electrons. The molecular formula is C17H22F6N5O4P. The summed E-state index contributed by atoms with van der Waals surface area (Å²) in [5.41, 5.74) is 2.42. The Morgan fingerprint density at radius 3 is 2.36 bits per heavy atom. The number of ether oxygens (including phenoxy) is 1. The molecule has 0 saturated heterocycles. The van der Waals surface area contributed by atoms with Crippen molar-refractivity contribution in [1.29, 1.82) is 0 Å². The predicted octanol–water partition coefficient (Wildman–Crippen LogP) is 3.75. The number of carbonyl (C=O) groups excluding carboxylic acids is 1. The van der Waals surface area contributed by atoms with Gasteiger partial charge in [-0.15, -0.1) is 0 Å². The summed E-state index contributed by atoms with van der Waals surface area (Å²) in [6, 6.07) is 0. The summed E-state index contributed by atoms with van der Waals surface area (Å²) in [7, 11) is -4.74. The highest BCUT2D eigenvalue weighted by Gasteiger charge is 2.46. The van der Waals surface area contributed by atoms with Gasteiger partial charge in [-0.2, -0.15) is 26.3 Å². The Morgan fingerprint density at radius 1 is 1.09 bits per heavy atom. The van der Waals surface area contributed by atoms with E-state index in [0.29, 0.717) is 6.61 Å². The molecule has 1 N–H and O–H groups in total. The minimum Gasteiger partial charge on any atom is -0.372 e. The van der Waals surface area contributed by atoms with Gasteiger partial charge < -0.3 is 13.9 Å². The van der Waals surface area contributed by atoms with Crippen LogP contribution in [0.4, 0.5) is 26.3 Å². The first-order chi connectivity index (χ1) is 15.3. The number of hydroxylamine groups is 1. The van der Waals surface area contributed by atoms with Crippen LogP contribution in [-0.4, -0.2) is 69.7 Å². The lowest BCUT2D eigenvalue weighted by Gasteiger charge is -2.21. The molecule has 2 heterocycles. The molecule has 0 unspecified atom stereocenters. The van der Waals surface area contributed by atoms with Gasteiger partial charge in [-0.25, -0.2) is 20.4 Å². The molecule has 0 aromatic carbocycles. The second-order valence-electron chi connectivity index (χ2n) is 7.11. The van der Waals surface area contributed by atoms with E-state index in [1.54, 1.807) is 0 Å². The van der Waals surface area contributed by atoms with Gasteiger partial charge in [0.1, 0.15) is 25.3 Å². The van der Waals surface area contributed by atoms with E-state index in [1.807, 2.05) is 6.92 Å². The highest BCUT2D eigenvalue weighted by Crippen LogP contribution is 2.53. The van der Waals surface area contributed by atoms with E-state index in [9.17, 15) is 35.7 Å². The Kier molecular flexibility index (Phi) is 9.20. The SMILES string of the molecule is CCCCONC(=O)c1ncnc2c1ncn2CCOCP(=O)(CC(F)(F)F)CC(F)(F)F. The summed E-state index contributed by atoms with van der Waals surface area (Å²) in [6.45, 7) is 1.80. The Morgan fingerprint density at radius 2 is 1.76 bits per heavy atom. The van der Waals surface area contributed by atoms with E-state index in [2.05, 4.69) is 20.4 Å². The highest BCUT2D eigenvalue weighted by atomic mass is 31.2. The molecular weight excluding hydrogens is 483 g/mol. The van der Waals surface area contributed by atoms with Crippen molar-refractivity contribution in [1.82, 2.24) is 25.0 Å². The second kappa shape index (κ2) is 11.3. The number of nitrogens with zero attached hydrogens (tertiary/aromatic N) is 4. The van der Waals surface area contributed by atoms with Gasteiger partial charge in [-0.3, -0.25) is 9.63 Å². The average molecular weight is 505 g/mol. The van der Waals surface area contributed by atoms with Crippen LogP contribution in [0.5, 0.6) is 0 Å². The van der Waals surface area contributed by atoms with Gasteiger partial charge in [0.05, 0.1) is 31.9 Å². The van der Waals surface area contributed by atoms with Crippen LogP contribution in [0.3, 0.4) is 0 Å². The zero-order valence-corrected chi connectivity index (χ0v) is 18.3. The molecule has 0 aliphatic carbocycles. The molecule has 0 atom stereocenters. The van der Waals surface area contributed by atoms with Crippen molar-refractivity contribution in [3.63, 3.8) is 0 Å². The Hall–Kier alpha value is -2.25. The number of amides is 1. The summed E-state index contributed by atoms with van der Waals surface area (Å²) >= 11 is 0. The Balaban J connectivity index is 2.01. The third kappa shape index (κ3) is 8.89. The standard InChI is InChI=1S/C17H22F6N5O4P/c1-2-3-5-32-27-15(29)13-12-14(25-9-24-13)28(10-26-12)4-6-31-11-33(30,7-16(18,19)20)8-17(21,22)23/h9-10H,2-8,11H2,1H3,(H,27,29). The van der Waals surface area contributed by atoms with E-state index >= 15 is 0 Å². The third-order valence-corrected chi connectivity index (χ3v) is 6.64. The fourth-order valence-corrected chi connectivity index (χ4v) is 4.85. The summed E-state index contributed by atoms with van der Waals surface area (Å²) in [5, 5.41) is 0. The van der Waals surface area contributed by atoms with Gasteiger partial charge >= 0.3 is 12.4 Å². The maximum absolute atomic E-state index is 12.6. The molecule has 0 bridgehead atoms. The van der Waals surface area contributed by atoms with E-state index in [0.717, 1.165) is 19.2 Å². The third-order valence-electron chi connectivity index (χ3n) is 4.12. The minimum atomic E-state index is -5.03. The molecule has 0 fully saturated rings. The van der Waals surface area contributed by atoms with Crippen molar-refractivity contribution in [2.45, 2.75) is 38.7 Å². The molecule has 2 aromatic rings.